The van der Waals surface area contributed by atoms with Gasteiger partial charge in [-0.2, -0.15) is 0 Å². The minimum absolute atomic E-state index is 0.422. The van der Waals surface area contributed by atoms with Crippen molar-refractivity contribution in [1.82, 2.24) is 9.80 Å². The van der Waals surface area contributed by atoms with Crippen molar-refractivity contribution >= 4 is 5.96 Å². The number of fused-ring (bicyclic) bond motifs is 5. The number of aliphatic imine (C=N–C) groups is 1. The van der Waals surface area contributed by atoms with Crippen LogP contribution >= 0.6 is 0 Å². The van der Waals surface area contributed by atoms with Crippen LogP contribution in [-0.2, 0) is 6.42 Å². The van der Waals surface area contributed by atoms with Gasteiger partial charge < -0.3 is 19.3 Å². The second-order valence-electron chi connectivity index (χ2n) is 6.18. The molecular weight excluding hydrogens is 278 g/mol. The van der Waals surface area contributed by atoms with Gasteiger partial charge in [0.2, 0.25) is 0 Å². The second kappa shape index (κ2) is 5.38. The van der Waals surface area contributed by atoms with E-state index in [1.54, 1.807) is 14.2 Å². The standard InChI is InChI=1S/C17H23N3O2/c1-21-15-10-12-4-3-7-20-14(13(12)11-16(15)22-2)5-8-19-9-6-18-17(19)20/h10-11,14H,3-9H2,1-2H3. The number of guanidine groups is 1. The van der Waals surface area contributed by atoms with Crippen molar-refractivity contribution in [3.8, 4) is 11.5 Å². The zero-order valence-electron chi connectivity index (χ0n) is 13.3. The lowest BCUT2D eigenvalue weighted by atomic mass is 9.94. The summed E-state index contributed by atoms with van der Waals surface area (Å²) in [6.45, 7) is 4.21. The minimum Gasteiger partial charge on any atom is -0.493 e. The first kappa shape index (κ1) is 13.7. The van der Waals surface area contributed by atoms with Crippen LogP contribution in [-0.4, -0.2) is 56.2 Å². The fourth-order valence-electron chi connectivity index (χ4n) is 4.01. The molecule has 0 saturated carbocycles. The van der Waals surface area contributed by atoms with E-state index >= 15 is 0 Å². The second-order valence-corrected chi connectivity index (χ2v) is 6.18. The lowest BCUT2D eigenvalue weighted by Gasteiger charge is -2.42. The molecule has 1 aromatic rings. The summed E-state index contributed by atoms with van der Waals surface area (Å²) in [7, 11) is 3.42. The number of ether oxygens (including phenoxy) is 2. The lowest BCUT2D eigenvalue weighted by Crippen LogP contribution is -2.49. The van der Waals surface area contributed by atoms with Gasteiger partial charge in [-0.1, -0.05) is 0 Å². The molecule has 1 unspecified atom stereocenters. The Labute approximate surface area is 131 Å². The van der Waals surface area contributed by atoms with Gasteiger partial charge >= 0.3 is 0 Å². The SMILES string of the molecule is COc1cc2c(cc1OC)C1CCN3CCN=C3N1CCC2. The molecule has 118 valence electrons. The highest BCUT2D eigenvalue weighted by Gasteiger charge is 2.36. The Morgan fingerprint density at radius 1 is 1.09 bits per heavy atom. The summed E-state index contributed by atoms with van der Waals surface area (Å²) in [4.78, 5) is 9.69. The van der Waals surface area contributed by atoms with Gasteiger partial charge in [-0.15, -0.1) is 0 Å². The highest BCUT2D eigenvalue weighted by Crippen LogP contribution is 2.41. The maximum atomic E-state index is 5.53. The molecule has 3 aliphatic rings. The Morgan fingerprint density at radius 2 is 1.91 bits per heavy atom. The van der Waals surface area contributed by atoms with Crippen molar-refractivity contribution in [3.63, 3.8) is 0 Å². The van der Waals surface area contributed by atoms with Crippen LogP contribution in [0.2, 0.25) is 0 Å². The first-order valence-corrected chi connectivity index (χ1v) is 8.12. The fourth-order valence-corrected chi connectivity index (χ4v) is 4.01. The third-order valence-electron chi connectivity index (χ3n) is 5.06. The highest BCUT2D eigenvalue weighted by molar-refractivity contribution is 5.83. The van der Waals surface area contributed by atoms with Gasteiger partial charge in [0.25, 0.3) is 0 Å². The smallest absolute Gasteiger partial charge is 0.197 e. The Kier molecular flexibility index (Phi) is 3.36. The van der Waals surface area contributed by atoms with Gasteiger partial charge in [0.05, 0.1) is 26.8 Å². The number of hydrogen-bond donors (Lipinski definition) is 0. The molecule has 3 heterocycles. The molecule has 0 radical (unpaired) electrons. The number of hydrogen-bond acceptors (Lipinski definition) is 5. The average Bonchev–Trinajstić information content (AvgIpc) is 2.96. The summed E-state index contributed by atoms with van der Waals surface area (Å²) in [5.41, 5.74) is 2.79. The van der Waals surface area contributed by atoms with Gasteiger partial charge in [-0.25, -0.2) is 0 Å². The van der Waals surface area contributed by atoms with E-state index in [1.165, 1.54) is 17.1 Å². The fraction of sp³-hybridized carbons (Fsp3) is 0.588. The van der Waals surface area contributed by atoms with Crippen LogP contribution in [0.5, 0.6) is 11.5 Å². The summed E-state index contributed by atoms with van der Waals surface area (Å²) in [5.74, 6) is 2.88. The molecule has 0 bridgehead atoms. The Hall–Kier alpha value is -1.91. The van der Waals surface area contributed by atoms with Crippen LogP contribution in [0.4, 0.5) is 0 Å². The normalized spacial score (nSPS) is 23.2. The molecule has 1 fully saturated rings. The maximum absolute atomic E-state index is 5.53. The van der Waals surface area contributed by atoms with E-state index in [0.29, 0.717) is 6.04 Å². The van der Waals surface area contributed by atoms with E-state index in [-0.39, 0.29) is 0 Å². The maximum Gasteiger partial charge on any atom is 0.197 e. The van der Waals surface area contributed by atoms with Crippen molar-refractivity contribution in [3.05, 3.63) is 23.3 Å². The molecule has 5 heteroatoms. The third-order valence-corrected chi connectivity index (χ3v) is 5.06. The molecule has 0 aliphatic carbocycles. The Balaban J connectivity index is 1.78. The van der Waals surface area contributed by atoms with Crippen molar-refractivity contribution < 1.29 is 9.47 Å². The molecule has 5 nitrogen and oxygen atoms in total. The van der Waals surface area contributed by atoms with Gasteiger partial charge in [-0.05, 0) is 42.5 Å². The van der Waals surface area contributed by atoms with E-state index in [9.17, 15) is 0 Å². The molecule has 1 aromatic carbocycles. The summed E-state index contributed by atoms with van der Waals surface area (Å²) < 4.78 is 11.0. The zero-order chi connectivity index (χ0) is 15.1. The van der Waals surface area contributed by atoms with Crippen molar-refractivity contribution in [1.29, 1.82) is 0 Å². The molecular formula is C17H23N3O2. The van der Waals surface area contributed by atoms with E-state index in [1.807, 2.05) is 0 Å². The van der Waals surface area contributed by atoms with Crippen LogP contribution in [0, 0.1) is 0 Å². The Morgan fingerprint density at radius 3 is 2.73 bits per heavy atom. The number of rotatable bonds is 2. The number of methoxy groups -OCH3 is 2. The number of aryl methyl sites for hydroxylation is 1. The monoisotopic (exact) mass is 301 g/mol. The molecule has 1 atom stereocenters. The molecule has 1 saturated heterocycles. The molecule has 0 spiro atoms. The van der Waals surface area contributed by atoms with E-state index in [4.69, 9.17) is 14.5 Å². The van der Waals surface area contributed by atoms with Crippen LogP contribution in [0.3, 0.4) is 0 Å². The quantitative estimate of drug-likeness (QED) is 0.838. The van der Waals surface area contributed by atoms with Gasteiger partial charge in [0.15, 0.2) is 17.5 Å². The van der Waals surface area contributed by atoms with Crippen LogP contribution in [0.1, 0.15) is 30.0 Å². The van der Waals surface area contributed by atoms with Crippen molar-refractivity contribution in [2.45, 2.75) is 25.3 Å². The lowest BCUT2D eigenvalue weighted by molar-refractivity contribution is 0.208. The van der Waals surface area contributed by atoms with Gasteiger partial charge in [-0.3, -0.25) is 4.99 Å². The van der Waals surface area contributed by atoms with Gasteiger partial charge in [0, 0.05) is 19.6 Å². The van der Waals surface area contributed by atoms with Crippen LogP contribution < -0.4 is 9.47 Å². The summed E-state index contributed by atoms with van der Waals surface area (Å²) in [6, 6.07) is 4.77. The highest BCUT2D eigenvalue weighted by atomic mass is 16.5. The van der Waals surface area contributed by atoms with Gasteiger partial charge in [0.1, 0.15) is 0 Å². The summed E-state index contributed by atoms with van der Waals surface area (Å²) >= 11 is 0. The molecule has 0 aromatic heterocycles. The molecule has 22 heavy (non-hydrogen) atoms. The summed E-state index contributed by atoms with van der Waals surface area (Å²) in [5, 5.41) is 0. The third kappa shape index (κ3) is 2.02. The predicted octanol–water partition coefficient (Wildman–Crippen LogP) is 2.07. The van der Waals surface area contributed by atoms with E-state index in [2.05, 4.69) is 21.9 Å². The minimum atomic E-state index is 0.422. The molecule has 4 rings (SSSR count). The van der Waals surface area contributed by atoms with Crippen LogP contribution in [0.15, 0.2) is 17.1 Å². The average molecular weight is 301 g/mol. The summed E-state index contributed by atoms with van der Waals surface area (Å²) in [6.07, 6.45) is 3.41. The van der Waals surface area contributed by atoms with Crippen LogP contribution in [0.25, 0.3) is 0 Å². The number of nitrogens with zero attached hydrogens (tertiary/aromatic N) is 3. The van der Waals surface area contributed by atoms with E-state index < -0.39 is 0 Å². The Bertz CT molecular complexity index is 614. The largest absolute Gasteiger partial charge is 0.493 e. The van der Waals surface area contributed by atoms with E-state index in [0.717, 1.165) is 56.9 Å². The van der Waals surface area contributed by atoms with Crippen molar-refractivity contribution in [2.24, 2.45) is 4.99 Å². The first-order valence-electron chi connectivity index (χ1n) is 8.12. The first-order chi connectivity index (χ1) is 10.8. The number of benzene rings is 1. The predicted molar refractivity (Wildman–Crippen MR) is 85.8 cm³/mol. The van der Waals surface area contributed by atoms with Crippen molar-refractivity contribution in [2.75, 3.05) is 40.4 Å². The topological polar surface area (TPSA) is 37.3 Å². The zero-order valence-corrected chi connectivity index (χ0v) is 13.3. The molecule has 0 amide bonds. The molecule has 3 aliphatic heterocycles. The molecule has 0 N–H and O–H groups in total.